The largest absolute Gasteiger partial charge is 0.507 e. The zero-order valence-corrected chi connectivity index (χ0v) is 22.4. The Hall–Kier alpha value is -3.59. The van der Waals surface area contributed by atoms with Gasteiger partial charge >= 0.3 is 0 Å². The first-order valence-electron chi connectivity index (χ1n) is 12.1. The molecule has 0 spiro atoms. The SMILES string of the molecule is COc1c(Cl)cc(Cl)cc1/C(O)=C1\C(=O)C(=O)N(c2ccc(N3CCN(C)CC3)cc2)C1c1ccncc1. The van der Waals surface area contributed by atoms with Crippen LogP contribution in [0.1, 0.15) is 17.2 Å². The number of pyridine rings is 1. The Bertz CT molecular complexity index is 1400. The molecule has 0 aliphatic carbocycles. The second-order valence-electron chi connectivity index (χ2n) is 9.22. The number of methoxy groups -OCH3 is 1. The number of hydrogen-bond acceptors (Lipinski definition) is 7. The van der Waals surface area contributed by atoms with Crippen LogP contribution in [0.2, 0.25) is 10.0 Å². The monoisotopic (exact) mass is 552 g/mol. The Morgan fingerprint density at radius 1 is 0.974 bits per heavy atom. The summed E-state index contributed by atoms with van der Waals surface area (Å²) in [6, 6.07) is 13.0. The van der Waals surface area contributed by atoms with Gasteiger partial charge in [0.2, 0.25) is 0 Å². The van der Waals surface area contributed by atoms with E-state index >= 15 is 0 Å². The number of anilines is 2. The number of ketones is 1. The number of hydrogen-bond donors (Lipinski definition) is 1. The van der Waals surface area contributed by atoms with Crippen molar-refractivity contribution in [3.8, 4) is 5.75 Å². The molecule has 10 heteroatoms. The number of halogens is 2. The number of Topliss-reactive ketones (excluding diaryl/α,β-unsaturated/α-hetero) is 1. The van der Waals surface area contributed by atoms with Crippen molar-refractivity contribution in [1.82, 2.24) is 9.88 Å². The number of carbonyl (C=O) groups is 2. The van der Waals surface area contributed by atoms with Gasteiger partial charge < -0.3 is 19.6 Å². The first-order chi connectivity index (χ1) is 18.3. The fraction of sp³-hybridized carbons (Fsp3) is 0.250. The third-order valence-corrected chi connectivity index (χ3v) is 7.43. The Labute approximate surface area is 230 Å². The number of carbonyl (C=O) groups excluding carboxylic acids is 2. The van der Waals surface area contributed by atoms with Crippen molar-refractivity contribution in [1.29, 1.82) is 0 Å². The van der Waals surface area contributed by atoms with Crippen LogP contribution in [0.4, 0.5) is 11.4 Å². The molecule has 38 heavy (non-hydrogen) atoms. The van der Waals surface area contributed by atoms with E-state index < -0.39 is 23.5 Å². The van der Waals surface area contributed by atoms with Crippen molar-refractivity contribution in [2.45, 2.75) is 6.04 Å². The molecule has 5 rings (SSSR count). The summed E-state index contributed by atoms with van der Waals surface area (Å²) in [4.78, 5) is 37.0. The third kappa shape index (κ3) is 4.71. The maximum absolute atomic E-state index is 13.5. The van der Waals surface area contributed by atoms with E-state index in [1.807, 2.05) is 24.3 Å². The first-order valence-corrected chi connectivity index (χ1v) is 12.8. The number of likely N-dealkylation sites (N-methyl/N-ethyl adjacent to an activating group) is 1. The van der Waals surface area contributed by atoms with Gasteiger partial charge in [0, 0.05) is 55.0 Å². The van der Waals surface area contributed by atoms with E-state index in [0.717, 1.165) is 31.9 Å². The van der Waals surface area contributed by atoms with Crippen molar-refractivity contribution < 1.29 is 19.4 Å². The third-order valence-electron chi connectivity index (χ3n) is 6.93. The van der Waals surface area contributed by atoms with Gasteiger partial charge in [-0.2, -0.15) is 0 Å². The van der Waals surface area contributed by atoms with Crippen LogP contribution in [-0.4, -0.2) is 67.0 Å². The van der Waals surface area contributed by atoms with Crippen LogP contribution in [0.5, 0.6) is 5.75 Å². The Balaban J connectivity index is 1.61. The average molecular weight is 553 g/mol. The molecule has 2 aromatic carbocycles. The second kappa shape index (κ2) is 10.6. The molecule has 1 aromatic heterocycles. The minimum Gasteiger partial charge on any atom is -0.507 e. The fourth-order valence-electron chi connectivity index (χ4n) is 4.94. The van der Waals surface area contributed by atoms with Gasteiger partial charge in [-0.1, -0.05) is 23.2 Å². The Kier molecular flexibility index (Phi) is 7.29. The van der Waals surface area contributed by atoms with Crippen LogP contribution in [0.25, 0.3) is 5.76 Å². The summed E-state index contributed by atoms with van der Waals surface area (Å²) >= 11 is 12.5. The number of piperazine rings is 1. The van der Waals surface area contributed by atoms with E-state index in [2.05, 4.69) is 21.8 Å². The lowest BCUT2D eigenvalue weighted by Gasteiger charge is -2.34. The average Bonchev–Trinajstić information content (AvgIpc) is 3.19. The topological polar surface area (TPSA) is 86.2 Å². The van der Waals surface area contributed by atoms with Crippen LogP contribution in [0.3, 0.4) is 0 Å². The van der Waals surface area contributed by atoms with Gasteiger partial charge in [-0.3, -0.25) is 19.5 Å². The number of rotatable bonds is 5. The highest BCUT2D eigenvalue weighted by molar-refractivity contribution is 6.52. The molecule has 0 radical (unpaired) electrons. The molecule has 1 atom stereocenters. The highest BCUT2D eigenvalue weighted by Gasteiger charge is 2.47. The second-order valence-corrected chi connectivity index (χ2v) is 10.1. The molecule has 3 heterocycles. The molecule has 0 bridgehead atoms. The number of nitrogens with zero attached hydrogens (tertiary/aromatic N) is 4. The van der Waals surface area contributed by atoms with Gasteiger partial charge in [0.25, 0.3) is 11.7 Å². The minimum absolute atomic E-state index is 0.0963. The van der Waals surface area contributed by atoms with Gasteiger partial charge in [0.1, 0.15) is 11.5 Å². The quantitative estimate of drug-likeness (QED) is 0.277. The Morgan fingerprint density at radius 2 is 1.61 bits per heavy atom. The van der Waals surface area contributed by atoms with E-state index in [4.69, 9.17) is 27.9 Å². The summed E-state index contributed by atoms with van der Waals surface area (Å²) < 4.78 is 5.39. The van der Waals surface area contributed by atoms with Crippen LogP contribution in [0.15, 0.2) is 66.5 Å². The van der Waals surface area contributed by atoms with E-state index in [-0.39, 0.29) is 26.9 Å². The zero-order valence-electron chi connectivity index (χ0n) is 20.9. The molecule has 2 aliphatic rings. The number of ether oxygens (including phenoxy) is 1. The highest BCUT2D eigenvalue weighted by Crippen LogP contribution is 2.45. The fourth-order valence-corrected chi connectivity index (χ4v) is 5.51. The summed E-state index contributed by atoms with van der Waals surface area (Å²) in [5, 5.41) is 11.9. The maximum Gasteiger partial charge on any atom is 0.300 e. The van der Waals surface area contributed by atoms with Gasteiger partial charge in [-0.05, 0) is 61.1 Å². The molecule has 0 saturated carbocycles. The molecule has 3 aromatic rings. The van der Waals surface area contributed by atoms with Gasteiger partial charge in [-0.25, -0.2) is 0 Å². The number of amides is 1. The predicted molar refractivity (Wildman–Crippen MR) is 148 cm³/mol. The van der Waals surface area contributed by atoms with Crippen LogP contribution >= 0.6 is 23.2 Å². The lowest BCUT2D eigenvalue weighted by molar-refractivity contribution is -0.132. The molecule has 2 saturated heterocycles. The van der Waals surface area contributed by atoms with Crippen molar-refractivity contribution >= 4 is 52.0 Å². The molecule has 196 valence electrons. The van der Waals surface area contributed by atoms with Crippen molar-refractivity contribution in [2.75, 3.05) is 50.1 Å². The standard InChI is InChI=1S/C28H26Cl2N4O4/c1-32-11-13-33(14-12-32)19-3-5-20(6-4-19)34-24(17-7-9-31-10-8-17)23(26(36)28(34)37)25(35)21-15-18(29)16-22(30)27(21)38-2/h3-10,15-16,24,35H,11-14H2,1-2H3/b25-23+. The highest BCUT2D eigenvalue weighted by atomic mass is 35.5. The van der Waals surface area contributed by atoms with Crippen LogP contribution in [-0.2, 0) is 9.59 Å². The summed E-state index contributed by atoms with van der Waals surface area (Å²) in [7, 11) is 3.50. The predicted octanol–water partition coefficient (Wildman–Crippen LogP) is 4.78. The normalized spacial score (nSPS) is 19.7. The van der Waals surface area contributed by atoms with Gasteiger partial charge in [0.05, 0.1) is 29.3 Å². The van der Waals surface area contributed by atoms with Gasteiger partial charge in [-0.15, -0.1) is 0 Å². The summed E-state index contributed by atoms with van der Waals surface area (Å²) in [6.07, 6.45) is 3.14. The first kappa shape index (κ1) is 26.0. The number of aliphatic hydroxyl groups is 1. The van der Waals surface area contributed by atoms with Crippen LogP contribution < -0.4 is 14.5 Å². The molecule has 2 aliphatic heterocycles. The van der Waals surface area contributed by atoms with Crippen molar-refractivity contribution in [2.24, 2.45) is 0 Å². The molecule has 2 fully saturated rings. The maximum atomic E-state index is 13.5. The van der Waals surface area contributed by atoms with E-state index in [9.17, 15) is 14.7 Å². The molecule has 1 amide bonds. The summed E-state index contributed by atoms with van der Waals surface area (Å²) in [5.74, 6) is -1.87. The van der Waals surface area contributed by atoms with E-state index in [1.54, 1.807) is 24.5 Å². The molecule has 1 N–H and O–H groups in total. The smallest absolute Gasteiger partial charge is 0.300 e. The summed E-state index contributed by atoms with van der Waals surface area (Å²) in [5.41, 5.74) is 2.20. The number of aromatic nitrogens is 1. The van der Waals surface area contributed by atoms with Crippen molar-refractivity contribution in [3.63, 3.8) is 0 Å². The molecule has 1 unspecified atom stereocenters. The number of aliphatic hydroxyl groups excluding tert-OH is 1. The van der Waals surface area contributed by atoms with Crippen molar-refractivity contribution in [3.05, 3.63) is 87.7 Å². The number of benzene rings is 2. The molecular formula is C28H26Cl2N4O4. The van der Waals surface area contributed by atoms with E-state index in [1.165, 1.54) is 24.1 Å². The minimum atomic E-state index is -0.907. The lowest BCUT2D eigenvalue weighted by Crippen LogP contribution is -2.44. The van der Waals surface area contributed by atoms with E-state index in [0.29, 0.717) is 11.3 Å². The van der Waals surface area contributed by atoms with Crippen LogP contribution in [0, 0.1) is 0 Å². The lowest BCUT2D eigenvalue weighted by atomic mass is 9.95. The summed E-state index contributed by atoms with van der Waals surface area (Å²) in [6.45, 7) is 3.74. The Morgan fingerprint density at radius 3 is 2.24 bits per heavy atom. The zero-order chi connectivity index (χ0) is 27.0. The molecule has 8 nitrogen and oxygen atoms in total. The van der Waals surface area contributed by atoms with Gasteiger partial charge in [0.15, 0.2) is 0 Å². The molecular weight excluding hydrogens is 527 g/mol.